The lowest BCUT2D eigenvalue weighted by Crippen LogP contribution is -2.24. The van der Waals surface area contributed by atoms with E-state index >= 15 is 0 Å². The molecule has 2 atom stereocenters. The van der Waals surface area contributed by atoms with E-state index in [0.29, 0.717) is 30.2 Å². The molecule has 1 fully saturated rings. The highest BCUT2D eigenvalue weighted by Gasteiger charge is 2.36. The molecule has 1 saturated heterocycles. The van der Waals surface area contributed by atoms with E-state index in [9.17, 15) is 14.9 Å². The Morgan fingerprint density at radius 2 is 2.24 bits per heavy atom. The van der Waals surface area contributed by atoms with Crippen LogP contribution in [-0.4, -0.2) is 36.0 Å². The maximum absolute atomic E-state index is 11.7. The zero-order valence-electron chi connectivity index (χ0n) is 11.9. The lowest BCUT2D eigenvalue weighted by molar-refractivity contribution is -0.385. The summed E-state index contributed by atoms with van der Waals surface area (Å²) in [7, 11) is 1.37. The minimum absolute atomic E-state index is 0.0108. The first-order chi connectivity index (χ1) is 9.93. The van der Waals surface area contributed by atoms with Crippen molar-refractivity contribution in [2.45, 2.75) is 13.5 Å². The van der Waals surface area contributed by atoms with E-state index in [4.69, 9.17) is 16.3 Å². The first-order valence-electron chi connectivity index (χ1n) is 6.66. The average Bonchev–Trinajstić information content (AvgIpc) is 2.80. The van der Waals surface area contributed by atoms with Crippen molar-refractivity contribution in [2.75, 3.05) is 20.2 Å². The van der Waals surface area contributed by atoms with Gasteiger partial charge in [0, 0.05) is 25.7 Å². The Labute approximate surface area is 127 Å². The van der Waals surface area contributed by atoms with E-state index in [1.807, 2.05) is 11.8 Å². The van der Waals surface area contributed by atoms with E-state index < -0.39 is 4.92 Å². The fourth-order valence-corrected chi connectivity index (χ4v) is 2.98. The summed E-state index contributed by atoms with van der Waals surface area (Å²) >= 11 is 6.09. The molecule has 1 aromatic rings. The SMILES string of the molecule is COC(=O)C1CN(Cc2c(Cl)cccc2[N+](=O)[O-])CC1C. The van der Waals surface area contributed by atoms with Crippen LogP contribution in [0.1, 0.15) is 12.5 Å². The Morgan fingerprint density at radius 3 is 2.86 bits per heavy atom. The molecule has 1 heterocycles. The van der Waals surface area contributed by atoms with Crippen molar-refractivity contribution in [3.8, 4) is 0 Å². The molecule has 2 unspecified atom stereocenters. The quantitative estimate of drug-likeness (QED) is 0.485. The Kier molecular flexibility index (Phi) is 4.80. The highest BCUT2D eigenvalue weighted by atomic mass is 35.5. The molecule has 0 N–H and O–H groups in total. The molecule has 1 aliphatic rings. The summed E-state index contributed by atoms with van der Waals surface area (Å²) in [5.74, 6) is -0.283. The third-order valence-electron chi connectivity index (χ3n) is 3.86. The van der Waals surface area contributed by atoms with Crippen LogP contribution in [0.25, 0.3) is 0 Å². The molecule has 0 bridgehead atoms. The normalized spacial score (nSPS) is 22.2. The van der Waals surface area contributed by atoms with Gasteiger partial charge >= 0.3 is 5.97 Å². The van der Waals surface area contributed by atoms with Crippen molar-refractivity contribution in [2.24, 2.45) is 11.8 Å². The number of methoxy groups -OCH3 is 1. The second-order valence-corrected chi connectivity index (χ2v) is 5.70. The number of ether oxygens (including phenoxy) is 1. The predicted octanol–water partition coefficient (Wildman–Crippen LogP) is 2.49. The van der Waals surface area contributed by atoms with Crippen LogP contribution in [-0.2, 0) is 16.1 Å². The minimum atomic E-state index is -0.432. The maximum atomic E-state index is 11.7. The molecule has 0 aliphatic carbocycles. The number of hydrogen-bond acceptors (Lipinski definition) is 5. The van der Waals surface area contributed by atoms with Gasteiger partial charge in [0.1, 0.15) is 0 Å². The fourth-order valence-electron chi connectivity index (χ4n) is 2.75. The lowest BCUT2D eigenvalue weighted by Gasteiger charge is -2.16. The number of hydrogen-bond donors (Lipinski definition) is 0. The molecule has 0 radical (unpaired) electrons. The topological polar surface area (TPSA) is 72.7 Å². The molecule has 0 amide bonds. The van der Waals surface area contributed by atoms with Crippen molar-refractivity contribution in [1.82, 2.24) is 4.90 Å². The van der Waals surface area contributed by atoms with Crippen LogP contribution >= 0.6 is 11.6 Å². The van der Waals surface area contributed by atoms with Crippen molar-refractivity contribution < 1.29 is 14.5 Å². The molecule has 1 aliphatic heterocycles. The summed E-state index contributed by atoms with van der Waals surface area (Å²) in [6.07, 6.45) is 0. The third-order valence-corrected chi connectivity index (χ3v) is 4.22. The largest absolute Gasteiger partial charge is 0.469 e. The van der Waals surface area contributed by atoms with Crippen LogP contribution in [0.3, 0.4) is 0 Å². The zero-order chi connectivity index (χ0) is 15.6. The van der Waals surface area contributed by atoms with Crippen LogP contribution in [0.5, 0.6) is 0 Å². The monoisotopic (exact) mass is 312 g/mol. The first-order valence-corrected chi connectivity index (χ1v) is 7.03. The van der Waals surface area contributed by atoms with Crippen LogP contribution < -0.4 is 0 Å². The summed E-state index contributed by atoms with van der Waals surface area (Å²) in [5.41, 5.74) is 0.499. The first kappa shape index (κ1) is 15.7. The molecular formula is C14H17ClN2O4. The minimum Gasteiger partial charge on any atom is -0.469 e. The van der Waals surface area contributed by atoms with Gasteiger partial charge in [0.2, 0.25) is 0 Å². The maximum Gasteiger partial charge on any atom is 0.310 e. The lowest BCUT2D eigenvalue weighted by atomic mass is 9.99. The van der Waals surface area contributed by atoms with Gasteiger partial charge in [0.15, 0.2) is 0 Å². The van der Waals surface area contributed by atoms with Gasteiger partial charge in [0.05, 0.1) is 28.5 Å². The van der Waals surface area contributed by atoms with Gasteiger partial charge in [0.25, 0.3) is 5.69 Å². The molecule has 21 heavy (non-hydrogen) atoms. The van der Waals surface area contributed by atoms with Gasteiger partial charge in [-0.2, -0.15) is 0 Å². The van der Waals surface area contributed by atoms with Crippen molar-refractivity contribution in [3.63, 3.8) is 0 Å². The molecule has 0 aromatic heterocycles. The number of nitrogens with zero attached hydrogens (tertiary/aromatic N) is 2. The van der Waals surface area contributed by atoms with Gasteiger partial charge in [-0.05, 0) is 12.0 Å². The summed E-state index contributed by atoms with van der Waals surface area (Å²) in [6, 6.07) is 4.65. The second-order valence-electron chi connectivity index (χ2n) is 5.30. The van der Waals surface area contributed by atoms with Gasteiger partial charge in [-0.25, -0.2) is 0 Å². The van der Waals surface area contributed by atoms with Crippen LogP contribution in [0.2, 0.25) is 5.02 Å². The number of nitro benzene ring substituents is 1. The summed E-state index contributed by atoms with van der Waals surface area (Å²) < 4.78 is 4.79. The van der Waals surface area contributed by atoms with Crippen molar-refractivity contribution >= 4 is 23.3 Å². The van der Waals surface area contributed by atoms with Gasteiger partial charge in [-0.15, -0.1) is 0 Å². The molecule has 0 spiro atoms. The Hall–Kier alpha value is -1.66. The summed E-state index contributed by atoms with van der Waals surface area (Å²) in [6.45, 7) is 3.54. The number of likely N-dealkylation sites (tertiary alicyclic amines) is 1. The predicted molar refractivity (Wildman–Crippen MR) is 78.1 cm³/mol. The van der Waals surface area contributed by atoms with E-state index in [0.717, 1.165) is 0 Å². The fraction of sp³-hybridized carbons (Fsp3) is 0.500. The number of halogens is 1. The van der Waals surface area contributed by atoms with Crippen LogP contribution in [0, 0.1) is 22.0 Å². The standard InChI is InChI=1S/C14H17ClN2O4/c1-9-6-16(7-10(9)14(18)21-2)8-11-12(15)4-3-5-13(11)17(19)20/h3-5,9-10H,6-8H2,1-2H3. The molecule has 7 heteroatoms. The average molecular weight is 313 g/mol. The third kappa shape index (κ3) is 3.33. The number of nitro groups is 1. The highest BCUT2D eigenvalue weighted by molar-refractivity contribution is 6.31. The van der Waals surface area contributed by atoms with Crippen molar-refractivity contribution in [1.29, 1.82) is 0 Å². The number of rotatable bonds is 4. The van der Waals surface area contributed by atoms with Crippen molar-refractivity contribution in [3.05, 3.63) is 38.9 Å². The Bertz CT molecular complexity index is 564. The molecule has 2 rings (SSSR count). The summed E-state index contributed by atoms with van der Waals surface area (Å²) in [4.78, 5) is 24.3. The molecule has 0 saturated carbocycles. The number of carbonyl (C=O) groups excluding carboxylic acids is 1. The number of benzene rings is 1. The van der Waals surface area contributed by atoms with E-state index in [1.54, 1.807) is 12.1 Å². The second kappa shape index (κ2) is 6.41. The Morgan fingerprint density at radius 1 is 1.52 bits per heavy atom. The molecule has 114 valence electrons. The summed E-state index contributed by atoms with van der Waals surface area (Å²) in [5, 5.41) is 11.5. The highest BCUT2D eigenvalue weighted by Crippen LogP contribution is 2.31. The van der Waals surface area contributed by atoms with E-state index in [2.05, 4.69) is 0 Å². The van der Waals surface area contributed by atoms with Gasteiger partial charge < -0.3 is 4.74 Å². The van der Waals surface area contributed by atoms with Gasteiger partial charge in [-0.3, -0.25) is 19.8 Å². The molecule has 6 nitrogen and oxygen atoms in total. The van der Waals surface area contributed by atoms with E-state index in [-0.39, 0.29) is 23.5 Å². The molecular weight excluding hydrogens is 296 g/mol. The van der Waals surface area contributed by atoms with Crippen LogP contribution in [0.4, 0.5) is 5.69 Å². The smallest absolute Gasteiger partial charge is 0.310 e. The van der Waals surface area contributed by atoms with E-state index in [1.165, 1.54) is 13.2 Å². The molecule has 1 aromatic carbocycles. The number of carbonyl (C=O) groups is 1. The van der Waals surface area contributed by atoms with Gasteiger partial charge in [-0.1, -0.05) is 24.6 Å². The zero-order valence-corrected chi connectivity index (χ0v) is 12.7. The van der Waals surface area contributed by atoms with Crippen LogP contribution in [0.15, 0.2) is 18.2 Å². The Balaban J connectivity index is 2.17. The number of esters is 1.